The van der Waals surface area contributed by atoms with Gasteiger partial charge in [-0.15, -0.1) is 0 Å². The molecule has 2 aromatic rings. The molecule has 1 fully saturated rings. The highest BCUT2D eigenvalue weighted by atomic mass is 16.5. The van der Waals surface area contributed by atoms with E-state index in [1.54, 1.807) is 7.11 Å². The molecule has 5 heteroatoms. The minimum atomic E-state index is -0.326. The Kier molecular flexibility index (Phi) is 5.56. The van der Waals surface area contributed by atoms with Crippen molar-refractivity contribution in [3.63, 3.8) is 0 Å². The molecule has 136 valence electrons. The van der Waals surface area contributed by atoms with E-state index in [9.17, 15) is 9.59 Å². The number of rotatable bonds is 7. The lowest BCUT2D eigenvalue weighted by Crippen LogP contribution is -2.33. The van der Waals surface area contributed by atoms with E-state index < -0.39 is 0 Å². The standard InChI is InChI=1S/C21H23NO4/c1-14-12-18(14)21(24)26-13-19(23)22-20(15-6-4-3-5-7-15)16-8-10-17(25-2)11-9-16/h3-11,14,18,20H,12-13H2,1-2H3,(H,22,23)/t14-,18+,20+/m1/s1. The highest BCUT2D eigenvalue weighted by Crippen LogP contribution is 2.38. The van der Waals surface area contributed by atoms with Crippen molar-refractivity contribution in [3.05, 3.63) is 65.7 Å². The number of ether oxygens (including phenoxy) is 2. The van der Waals surface area contributed by atoms with Gasteiger partial charge in [-0.25, -0.2) is 0 Å². The number of esters is 1. The van der Waals surface area contributed by atoms with E-state index in [2.05, 4.69) is 5.32 Å². The number of benzene rings is 2. The Morgan fingerprint density at radius 1 is 1.08 bits per heavy atom. The average Bonchev–Trinajstić information content (AvgIpc) is 3.42. The Labute approximate surface area is 153 Å². The van der Waals surface area contributed by atoms with Crippen LogP contribution in [0.2, 0.25) is 0 Å². The maximum absolute atomic E-state index is 12.3. The normalized spacial score (nSPS) is 19.3. The molecule has 26 heavy (non-hydrogen) atoms. The second-order valence-corrected chi connectivity index (χ2v) is 6.61. The lowest BCUT2D eigenvalue weighted by atomic mass is 9.98. The van der Waals surface area contributed by atoms with Crippen LogP contribution in [0.15, 0.2) is 54.6 Å². The topological polar surface area (TPSA) is 64.6 Å². The van der Waals surface area contributed by atoms with E-state index in [1.807, 2.05) is 61.5 Å². The van der Waals surface area contributed by atoms with Crippen LogP contribution in [0, 0.1) is 11.8 Å². The summed E-state index contributed by atoms with van der Waals surface area (Å²) in [5.74, 6) is 0.459. The van der Waals surface area contributed by atoms with Gasteiger partial charge in [0.1, 0.15) is 5.75 Å². The Balaban J connectivity index is 1.69. The summed E-state index contributed by atoms with van der Waals surface area (Å²) in [4.78, 5) is 24.1. The number of hydrogen-bond acceptors (Lipinski definition) is 4. The molecule has 1 saturated carbocycles. The Morgan fingerprint density at radius 2 is 1.69 bits per heavy atom. The van der Waals surface area contributed by atoms with Crippen molar-refractivity contribution >= 4 is 11.9 Å². The number of carbonyl (C=O) groups is 2. The largest absolute Gasteiger partial charge is 0.497 e. The van der Waals surface area contributed by atoms with Crippen LogP contribution in [0.3, 0.4) is 0 Å². The molecule has 0 unspecified atom stereocenters. The quantitative estimate of drug-likeness (QED) is 0.777. The summed E-state index contributed by atoms with van der Waals surface area (Å²) in [6.07, 6.45) is 0.846. The third kappa shape index (κ3) is 4.42. The molecule has 0 spiro atoms. The van der Waals surface area contributed by atoms with E-state index in [-0.39, 0.29) is 30.4 Å². The number of carbonyl (C=O) groups excluding carboxylic acids is 2. The predicted octanol–water partition coefficient (Wildman–Crippen LogP) is 3.10. The maximum Gasteiger partial charge on any atom is 0.309 e. The minimum absolute atomic E-state index is 0.0469. The predicted molar refractivity (Wildman–Crippen MR) is 97.7 cm³/mol. The fourth-order valence-electron chi connectivity index (χ4n) is 2.90. The van der Waals surface area contributed by atoms with Crippen LogP contribution in [0.1, 0.15) is 30.5 Å². The minimum Gasteiger partial charge on any atom is -0.497 e. The monoisotopic (exact) mass is 353 g/mol. The van der Waals surface area contributed by atoms with Crippen LogP contribution in [0.4, 0.5) is 0 Å². The molecule has 1 aliphatic carbocycles. The molecular weight excluding hydrogens is 330 g/mol. The molecule has 1 amide bonds. The van der Waals surface area contributed by atoms with Gasteiger partial charge in [-0.2, -0.15) is 0 Å². The molecule has 1 aliphatic rings. The van der Waals surface area contributed by atoms with Gasteiger partial charge in [0.2, 0.25) is 0 Å². The van der Waals surface area contributed by atoms with Crippen molar-refractivity contribution in [3.8, 4) is 5.75 Å². The van der Waals surface area contributed by atoms with Crippen LogP contribution in [-0.2, 0) is 14.3 Å². The molecule has 0 aliphatic heterocycles. The van der Waals surface area contributed by atoms with Gasteiger partial charge >= 0.3 is 5.97 Å². The van der Waals surface area contributed by atoms with Crippen molar-refractivity contribution in [1.82, 2.24) is 5.32 Å². The average molecular weight is 353 g/mol. The van der Waals surface area contributed by atoms with Crippen LogP contribution >= 0.6 is 0 Å². The summed E-state index contributed by atoms with van der Waals surface area (Å²) in [6, 6.07) is 16.9. The molecule has 0 saturated heterocycles. The lowest BCUT2D eigenvalue weighted by Gasteiger charge is -2.20. The fraction of sp³-hybridized carbons (Fsp3) is 0.333. The van der Waals surface area contributed by atoms with Crippen LogP contribution in [0.25, 0.3) is 0 Å². The molecule has 5 nitrogen and oxygen atoms in total. The SMILES string of the molecule is COc1ccc([C@@H](NC(=O)COC(=O)[C@H]2C[C@H]2C)c2ccccc2)cc1. The Hall–Kier alpha value is -2.82. The summed E-state index contributed by atoms with van der Waals surface area (Å²) in [7, 11) is 1.61. The number of nitrogens with one attached hydrogen (secondary N) is 1. The van der Waals surface area contributed by atoms with E-state index in [4.69, 9.17) is 9.47 Å². The molecule has 0 bridgehead atoms. The Morgan fingerprint density at radius 3 is 2.27 bits per heavy atom. The first-order valence-corrected chi connectivity index (χ1v) is 8.73. The summed E-state index contributed by atoms with van der Waals surface area (Å²) in [6.45, 7) is 1.74. The van der Waals surface area contributed by atoms with Gasteiger partial charge in [0.05, 0.1) is 19.1 Å². The van der Waals surface area contributed by atoms with Crippen molar-refractivity contribution in [2.75, 3.05) is 13.7 Å². The zero-order chi connectivity index (χ0) is 18.5. The van der Waals surface area contributed by atoms with Gasteiger partial charge in [-0.1, -0.05) is 49.4 Å². The van der Waals surface area contributed by atoms with Crippen molar-refractivity contribution < 1.29 is 19.1 Å². The lowest BCUT2D eigenvalue weighted by molar-refractivity contribution is -0.150. The first kappa shape index (κ1) is 18.0. The van der Waals surface area contributed by atoms with Crippen molar-refractivity contribution in [2.45, 2.75) is 19.4 Å². The summed E-state index contributed by atoms with van der Waals surface area (Å²) < 4.78 is 10.3. The summed E-state index contributed by atoms with van der Waals surface area (Å²) >= 11 is 0. The van der Waals surface area contributed by atoms with Gasteiger partial charge in [0.25, 0.3) is 5.91 Å². The molecule has 2 aromatic carbocycles. The van der Waals surface area contributed by atoms with E-state index in [1.165, 1.54) is 0 Å². The highest BCUT2D eigenvalue weighted by molar-refractivity contribution is 5.82. The molecule has 3 atom stereocenters. The molecule has 0 radical (unpaired) electrons. The molecule has 3 rings (SSSR count). The van der Waals surface area contributed by atoms with Gasteiger partial charge in [0, 0.05) is 0 Å². The number of methoxy groups -OCH3 is 1. The van der Waals surface area contributed by atoms with E-state index in [0.717, 1.165) is 23.3 Å². The molecular formula is C21H23NO4. The second kappa shape index (κ2) is 8.04. The fourth-order valence-corrected chi connectivity index (χ4v) is 2.90. The second-order valence-electron chi connectivity index (χ2n) is 6.61. The summed E-state index contributed by atoms with van der Waals surface area (Å²) in [5.41, 5.74) is 1.88. The van der Waals surface area contributed by atoms with Gasteiger partial charge in [-0.3, -0.25) is 9.59 Å². The first-order valence-electron chi connectivity index (χ1n) is 8.73. The Bertz CT molecular complexity index is 757. The van der Waals surface area contributed by atoms with Gasteiger partial charge in [-0.05, 0) is 35.6 Å². The smallest absolute Gasteiger partial charge is 0.309 e. The zero-order valence-corrected chi connectivity index (χ0v) is 15.0. The van der Waals surface area contributed by atoms with Crippen LogP contribution < -0.4 is 10.1 Å². The first-order chi connectivity index (χ1) is 12.6. The van der Waals surface area contributed by atoms with Crippen molar-refractivity contribution in [2.24, 2.45) is 11.8 Å². The van der Waals surface area contributed by atoms with E-state index in [0.29, 0.717) is 5.92 Å². The zero-order valence-electron chi connectivity index (χ0n) is 15.0. The number of hydrogen-bond donors (Lipinski definition) is 1. The van der Waals surface area contributed by atoms with Gasteiger partial charge in [0.15, 0.2) is 6.61 Å². The molecule has 0 aromatic heterocycles. The maximum atomic E-state index is 12.3. The van der Waals surface area contributed by atoms with E-state index >= 15 is 0 Å². The molecule has 1 N–H and O–H groups in total. The highest BCUT2D eigenvalue weighted by Gasteiger charge is 2.40. The van der Waals surface area contributed by atoms with Crippen LogP contribution in [0.5, 0.6) is 5.75 Å². The van der Waals surface area contributed by atoms with Crippen LogP contribution in [-0.4, -0.2) is 25.6 Å². The van der Waals surface area contributed by atoms with Gasteiger partial charge < -0.3 is 14.8 Å². The third-order valence-electron chi connectivity index (χ3n) is 4.65. The third-order valence-corrected chi connectivity index (χ3v) is 4.65. The summed E-state index contributed by atoms with van der Waals surface area (Å²) in [5, 5.41) is 2.96. The molecule has 0 heterocycles. The van der Waals surface area contributed by atoms with Crippen molar-refractivity contribution in [1.29, 1.82) is 0 Å². The number of amides is 1.